The lowest BCUT2D eigenvalue weighted by Gasteiger charge is -2.22. The van der Waals surface area contributed by atoms with Crippen molar-refractivity contribution in [3.8, 4) is 0 Å². The predicted molar refractivity (Wildman–Crippen MR) is 77.2 cm³/mol. The molecule has 2 N–H and O–H groups in total. The van der Waals surface area contributed by atoms with E-state index in [1.807, 2.05) is 6.07 Å². The largest absolute Gasteiger partial charge is 0.383 e. The molecule has 0 saturated heterocycles. The summed E-state index contributed by atoms with van der Waals surface area (Å²) in [6.45, 7) is 0. The Kier molecular flexibility index (Phi) is 4.04. The van der Waals surface area contributed by atoms with Gasteiger partial charge in [0.25, 0.3) is 0 Å². The topological polar surface area (TPSA) is 38.4 Å². The second kappa shape index (κ2) is 5.59. The molecule has 0 amide bonds. The number of rotatable bonds is 1. The molecule has 0 aliphatic carbocycles. The van der Waals surface area contributed by atoms with Gasteiger partial charge in [0, 0.05) is 0 Å². The van der Waals surface area contributed by atoms with E-state index in [9.17, 15) is 8.78 Å². The third-order valence-electron chi connectivity index (χ3n) is 3.32. The highest BCUT2D eigenvalue weighted by molar-refractivity contribution is 6.00. The van der Waals surface area contributed by atoms with E-state index in [-0.39, 0.29) is 35.9 Å². The van der Waals surface area contributed by atoms with Crippen LogP contribution < -0.4 is 5.73 Å². The summed E-state index contributed by atoms with van der Waals surface area (Å²) >= 11 is 0. The van der Waals surface area contributed by atoms with Gasteiger partial charge >= 0.3 is 0 Å². The van der Waals surface area contributed by atoms with E-state index in [1.54, 1.807) is 18.2 Å². The highest BCUT2D eigenvalue weighted by atomic mass is 35.5. The van der Waals surface area contributed by atoms with Crippen LogP contribution in [0.15, 0.2) is 47.5 Å². The quantitative estimate of drug-likeness (QED) is 0.860. The fourth-order valence-corrected chi connectivity index (χ4v) is 2.39. The Balaban J connectivity index is 0.00000147. The van der Waals surface area contributed by atoms with Crippen LogP contribution in [0.4, 0.5) is 8.78 Å². The maximum absolute atomic E-state index is 13.7. The first kappa shape index (κ1) is 14.5. The molecule has 2 aromatic carbocycles. The van der Waals surface area contributed by atoms with Crippen LogP contribution in [0.25, 0.3) is 0 Å². The first-order valence-corrected chi connectivity index (χ1v) is 6.01. The third kappa shape index (κ3) is 2.51. The van der Waals surface area contributed by atoms with Gasteiger partial charge < -0.3 is 5.73 Å². The summed E-state index contributed by atoms with van der Waals surface area (Å²) in [5.41, 5.74) is 7.94. The van der Waals surface area contributed by atoms with Crippen molar-refractivity contribution in [1.29, 1.82) is 0 Å². The minimum atomic E-state index is -0.351. The predicted octanol–water partition coefficient (Wildman–Crippen LogP) is 3.39. The summed E-state index contributed by atoms with van der Waals surface area (Å²) in [6, 6.07) is 10.8. The summed E-state index contributed by atoms with van der Waals surface area (Å²) in [6.07, 6.45) is 0.569. The number of nitrogens with zero attached hydrogens (tertiary/aromatic N) is 1. The number of nitrogens with two attached hydrogens (primary N) is 1. The van der Waals surface area contributed by atoms with Crippen molar-refractivity contribution < 1.29 is 8.78 Å². The van der Waals surface area contributed by atoms with Crippen molar-refractivity contribution in [2.45, 2.75) is 12.5 Å². The number of fused-ring (bicyclic) bond motifs is 1. The van der Waals surface area contributed by atoms with Crippen LogP contribution in [0.2, 0.25) is 0 Å². The highest BCUT2D eigenvalue weighted by Gasteiger charge is 2.23. The molecule has 5 heteroatoms. The van der Waals surface area contributed by atoms with Crippen molar-refractivity contribution in [2.24, 2.45) is 10.7 Å². The lowest BCUT2D eigenvalue weighted by atomic mass is 9.92. The molecule has 0 spiro atoms. The van der Waals surface area contributed by atoms with Crippen LogP contribution in [0, 0.1) is 11.6 Å². The molecule has 2 aromatic rings. The number of amidine groups is 1. The summed E-state index contributed by atoms with van der Waals surface area (Å²) in [7, 11) is 0. The maximum Gasteiger partial charge on any atom is 0.134 e. The van der Waals surface area contributed by atoms with Gasteiger partial charge in [-0.2, -0.15) is 0 Å². The number of hydrogen-bond acceptors (Lipinski definition) is 2. The van der Waals surface area contributed by atoms with Crippen LogP contribution in [0.5, 0.6) is 0 Å². The van der Waals surface area contributed by atoms with Crippen molar-refractivity contribution in [1.82, 2.24) is 0 Å². The molecule has 1 aliphatic rings. The average Bonchev–Trinajstić information content (AvgIpc) is 2.39. The summed E-state index contributed by atoms with van der Waals surface area (Å²) in [4.78, 5) is 4.32. The minimum Gasteiger partial charge on any atom is -0.383 e. The van der Waals surface area contributed by atoms with E-state index in [0.717, 1.165) is 11.1 Å². The number of aliphatic imine (C=N–C) groups is 1. The minimum absolute atomic E-state index is 0. The van der Waals surface area contributed by atoms with Crippen molar-refractivity contribution in [2.75, 3.05) is 0 Å². The van der Waals surface area contributed by atoms with Gasteiger partial charge in [-0.25, -0.2) is 8.78 Å². The van der Waals surface area contributed by atoms with Gasteiger partial charge in [0.2, 0.25) is 0 Å². The third-order valence-corrected chi connectivity index (χ3v) is 3.32. The molecular weight excluding hydrogens is 282 g/mol. The molecule has 0 aromatic heterocycles. The molecule has 0 saturated carbocycles. The molecule has 104 valence electrons. The van der Waals surface area contributed by atoms with Gasteiger partial charge in [-0.05, 0) is 35.7 Å². The van der Waals surface area contributed by atoms with Crippen LogP contribution in [0.1, 0.15) is 22.7 Å². The monoisotopic (exact) mass is 294 g/mol. The van der Waals surface area contributed by atoms with Crippen molar-refractivity contribution in [3.05, 3.63) is 70.8 Å². The highest BCUT2D eigenvalue weighted by Crippen LogP contribution is 2.29. The first-order chi connectivity index (χ1) is 9.15. The Labute approximate surface area is 121 Å². The van der Waals surface area contributed by atoms with Gasteiger partial charge in [-0.1, -0.05) is 24.3 Å². The molecule has 1 unspecified atom stereocenters. The number of benzene rings is 2. The lowest BCUT2D eigenvalue weighted by Crippen LogP contribution is -2.24. The Morgan fingerprint density at radius 1 is 1.05 bits per heavy atom. The normalized spacial score (nSPS) is 16.9. The van der Waals surface area contributed by atoms with E-state index in [1.165, 1.54) is 18.2 Å². The van der Waals surface area contributed by atoms with Crippen LogP contribution in [-0.4, -0.2) is 5.84 Å². The fourth-order valence-electron chi connectivity index (χ4n) is 2.39. The Bertz CT molecular complexity index is 653. The molecule has 0 radical (unpaired) electrons. The van der Waals surface area contributed by atoms with Crippen LogP contribution in [-0.2, 0) is 6.42 Å². The van der Waals surface area contributed by atoms with E-state index in [0.29, 0.717) is 12.0 Å². The zero-order valence-corrected chi connectivity index (χ0v) is 11.3. The summed E-state index contributed by atoms with van der Waals surface area (Å²) < 4.78 is 26.6. The molecule has 1 aliphatic heterocycles. The molecule has 0 fully saturated rings. The number of halogens is 3. The summed E-state index contributed by atoms with van der Waals surface area (Å²) in [5, 5.41) is 0. The zero-order valence-electron chi connectivity index (χ0n) is 10.5. The first-order valence-electron chi connectivity index (χ1n) is 6.01. The molecule has 3 rings (SSSR count). The van der Waals surface area contributed by atoms with E-state index in [2.05, 4.69) is 4.99 Å². The second-order valence-corrected chi connectivity index (χ2v) is 4.56. The van der Waals surface area contributed by atoms with Crippen molar-refractivity contribution >= 4 is 18.2 Å². The molecule has 1 heterocycles. The summed E-state index contributed by atoms with van der Waals surface area (Å²) in [5.74, 6) is -0.437. The Hall–Kier alpha value is -1.94. The van der Waals surface area contributed by atoms with Gasteiger partial charge in [0.15, 0.2) is 0 Å². The van der Waals surface area contributed by atoms with Gasteiger partial charge in [-0.3, -0.25) is 4.99 Å². The van der Waals surface area contributed by atoms with E-state index < -0.39 is 0 Å². The van der Waals surface area contributed by atoms with Gasteiger partial charge in [0.1, 0.15) is 17.5 Å². The average molecular weight is 295 g/mol. The zero-order chi connectivity index (χ0) is 13.4. The van der Waals surface area contributed by atoms with Crippen LogP contribution >= 0.6 is 12.4 Å². The Morgan fingerprint density at radius 3 is 2.45 bits per heavy atom. The Morgan fingerprint density at radius 2 is 1.75 bits per heavy atom. The molecule has 2 nitrogen and oxygen atoms in total. The molecule has 0 bridgehead atoms. The number of hydrogen-bond donors (Lipinski definition) is 1. The maximum atomic E-state index is 13.7. The standard InChI is InChI=1S/C15H12F2N2.ClH/c16-11-6-4-9(5-7-11)13-8-10-2-1-3-12(17)14(10)15(18)19-13;/h1-7,13H,8H2,(H2,18,19);1H. The van der Waals surface area contributed by atoms with Crippen molar-refractivity contribution in [3.63, 3.8) is 0 Å². The smallest absolute Gasteiger partial charge is 0.134 e. The molecular formula is C15H13ClF2N2. The SMILES string of the molecule is Cl.NC1=NC(c2ccc(F)cc2)Cc2cccc(F)c21. The lowest BCUT2D eigenvalue weighted by molar-refractivity contribution is 0.611. The van der Waals surface area contributed by atoms with E-state index >= 15 is 0 Å². The fraction of sp³-hybridized carbons (Fsp3) is 0.133. The van der Waals surface area contributed by atoms with E-state index in [4.69, 9.17) is 5.73 Å². The van der Waals surface area contributed by atoms with Gasteiger partial charge in [-0.15, -0.1) is 12.4 Å². The second-order valence-electron chi connectivity index (χ2n) is 4.56. The van der Waals surface area contributed by atoms with Gasteiger partial charge in [0.05, 0.1) is 11.6 Å². The molecule has 1 atom stereocenters. The molecule has 20 heavy (non-hydrogen) atoms. The van der Waals surface area contributed by atoms with Crippen LogP contribution in [0.3, 0.4) is 0 Å².